The third-order valence-corrected chi connectivity index (χ3v) is 2.53. The molecular weight excluding hydrogens is 192 g/mol. The molecule has 2 rings (SSSR count). The van der Waals surface area contributed by atoms with Crippen LogP contribution in [0.2, 0.25) is 0 Å². The number of pyridine rings is 1. The van der Waals surface area contributed by atoms with Crippen LogP contribution in [0.5, 0.6) is 5.88 Å². The van der Waals surface area contributed by atoms with E-state index in [-0.39, 0.29) is 0 Å². The number of nitrogens with zero attached hydrogens (tertiary/aromatic N) is 1. The largest absolute Gasteiger partial charge is 0.477 e. The van der Waals surface area contributed by atoms with Crippen LogP contribution >= 0.6 is 0 Å². The SMILES string of the molecule is NCc1ccnc(OCC2CCOC2)c1. The van der Waals surface area contributed by atoms with Crippen LogP contribution < -0.4 is 10.5 Å². The summed E-state index contributed by atoms with van der Waals surface area (Å²) in [6.45, 7) is 2.85. The molecule has 2 heterocycles. The summed E-state index contributed by atoms with van der Waals surface area (Å²) in [7, 11) is 0. The molecule has 0 spiro atoms. The van der Waals surface area contributed by atoms with Gasteiger partial charge in [0.15, 0.2) is 0 Å². The van der Waals surface area contributed by atoms with Crippen LogP contribution in [0.25, 0.3) is 0 Å². The molecule has 1 fully saturated rings. The molecule has 0 radical (unpaired) electrons. The first-order valence-corrected chi connectivity index (χ1v) is 5.24. The Morgan fingerprint density at radius 2 is 2.53 bits per heavy atom. The van der Waals surface area contributed by atoms with E-state index in [9.17, 15) is 0 Å². The normalized spacial score (nSPS) is 20.5. The van der Waals surface area contributed by atoms with Gasteiger partial charge in [-0.25, -0.2) is 4.98 Å². The van der Waals surface area contributed by atoms with Crippen molar-refractivity contribution in [1.82, 2.24) is 4.98 Å². The molecule has 0 aliphatic carbocycles. The maximum atomic E-state index is 5.59. The summed E-state index contributed by atoms with van der Waals surface area (Å²) in [6.07, 6.45) is 2.80. The zero-order chi connectivity index (χ0) is 10.5. The third-order valence-electron chi connectivity index (χ3n) is 2.53. The van der Waals surface area contributed by atoms with E-state index in [1.807, 2.05) is 12.1 Å². The molecule has 1 aromatic heterocycles. The molecule has 1 saturated heterocycles. The van der Waals surface area contributed by atoms with E-state index in [4.69, 9.17) is 15.2 Å². The zero-order valence-electron chi connectivity index (χ0n) is 8.69. The molecular formula is C11H16N2O2. The minimum absolute atomic E-state index is 0.508. The van der Waals surface area contributed by atoms with Gasteiger partial charge in [0.05, 0.1) is 13.2 Å². The highest BCUT2D eigenvalue weighted by atomic mass is 16.5. The van der Waals surface area contributed by atoms with Gasteiger partial charge in [0.2, 0.25) is 5.88 Å². The summed E-state index contributed by atoms with van der Waals surface area (Å²) in [5, 5.41) is 0. The summed E-state index contributed by atoms with van der Waals surface area (Å²) >= 11 is 0. The van der Waals surface area contributed by atoms with Gasteiger partial charge < -0.3 is 15.2 Å². The van der Waals surface area contributed by atoms with Gasteiger partial charge in [-0.15, -0.1) is 0 Å². The molecule has 2 N–H and O–H groups in total. The molecule has 15 heavy (non-hydrogen) atoms. The van der Waals surface area contributed by atoms with Crippen LogP contribution in [0.3, 0.4) is 0 Å². The second-order valence-electron chi connectivity index (χ2n) is 3.75. The molecule has 4 heteroatoms. The van der Waals surface area contributed by atoms with Crippen molar-refractivity contribution in [2.24, 2.45) is 11.7 Å². The average molecular weight is 208 g/mol. The number of aromatic nitrogens is 1. The van der Waals surface area contributed by atoms with E-state index < -0.39 is 0 Å². The number of hydrogen-bond donors (Lipinski definition) is 1. The molecule has 1 aliphatic heterocycles. The van der Waals surface area contributed by atoms with Crippen molar-refractivity contribution in [3.8, 4) is 5.88 Å². The highest BCUT2D eigenvalue weighted by Crippen LogP contribution is 2.15. The van der Waals surface area contributed by atoms with Crippen molar-refractivity contribution in [1.29, 1.82) is 0 Å². The second kappa shape index (κ2) is 5.09. The van der Waals surface area contributed by atoms with Crippen molar-refractivity contribution in [2.75, 3.05) is 19.8 Å². The highest BCUT2D eigenvalue weighted by molar-refractivity contribution is 5.20. The molecule has 1 aliphatic rings. The lowest BCUT2D eigenvalue weighted by Gasteiger charge is -2.09. The van der Waals surface area contributed by atoms with Crippen LogP contribution in [0.15, 0.2) is 18.3 Å². The van der Waals surface area contributed by atoms with Crippen molar-refractivity contribution in [2.45, 2.75) is 13.0 Å². The Kier molecular flexibility index (Phi) is 3.53. The van der Waals surface area contributed by atoms with Crippen LogP contribution in [0.1, 0.15) is 12.0 Å². The minimum Gasteiger partial charge on any atom is -0.477 e. The highest BCUT2D eigenvalue weighted by Gasteiger charge is 2.16. The van der Waals surface area contributed by atoms with Crippen molar-refractivity contribution in [3.63, 3.8) is 0 Å². The lowest BCUT2D eigenvalue weighted by Crippen LogP contribution is -2.12. The predicted octanol–water partition coefficient (Wildman–Crippen LogP) is 0.956. The fourth-order valence-electron chi connectivity index (χ4n) is 1.57. The zero-order valence-corrected chi connectivity index (χ0v) is 8.69. The standard InChI is InChI=1S/C11H16N2O2/c12-6-9-1-3-13-11(5-9)15-8-10-2-4-14-7-10/h1,3,5,10H,2,4,6-8,12H2. The smallest absolute Gasteiger partial charge is 0.213 e. The maximum absolute atomic E-state index is 5.59. The summed E-state index contributed by atoms with van der Waals surface area (Å²) in [5.74, 6) is 1.16. The van der Waals surface area contributed by atoms with E-state index in [0.717, 1.165) is 25.2 Å². The van der Waals surface area contributed by atoms with Gasteiger partial charge >= 0.3 is 0 Å². The third kappa shape index (κ3) is 2.91. The Morgan fingerprint density at radius 1 is 1.60 bits per heavy atom. The fourth-order valence-corrected chi connectivity index (χ4v) is 1.57. The predicted molar refractivity (Wildman–Crippen MR) is 56.5 cm³/mol. The van der Waals surface area contributed by atoms with E-state index in [1.165, 1.54) is 0 Å². The van der Waals surface area contributed by atoms with Gasteiger partial charge in [-0.2, -0.15) is 0 Å². The van der Waals surface area contributed by atoms with Crippen molar-refractivity contribution >= 4 is 0 Å². The molecule has 1 aromatic rings. The summed E-state index contributed by atoms with van der Waals surface area (Å²) in [6, 6.07) is 3.78. The molecule has 0 aromatic carbocycles. The van der Waals surface area contributed by atoms with Crippen LogP contribution in [-0.2, 0) is 11.3 Å². The van der Waals surface area contributed by atoms with Gasteiger partial charge in [0.25, 0.3) is 0 Å². The molecule has 1 atom stereocenters. The lowest BCUT2D eigenvalue weighted by molar-refractivity contribution is 0.165. The first kappa shape index (κ1) is 10.4. The Labute approximate surface area is 89.4 Å². The van der Waals surface area contributed by atoms with Crippen molar-refractivity contribution in [3.05, 3.63) is 23.9 Å². The Hall–Kier alpha value is -1.13. The molecule has 0 bridgehead atoms. The molecule has 1 unspecified atom stereocenters. The van der Waals surface area contributed by atoms with Gasteiger partial charge in [0, 0.05) is 31.3 Å². The van der Waals surface area contributed by atoms with Crippen LogP contribution in [-0.4, -0.2) is 24.8 Å². The number of ether oxygens (including phenoxy) is 2. The molecule has 82 valence electrons. The van der Waals surface area contributed by atoms with E-state index in [0.29, 0.717) is 24.9 Å². The average Bonchev–Trinajstić information content (AvgIpc) is 2.79. The van der Waals surface area contributed by atoms with E-state index in [2.05, 4.69) is 4.98 Å². The monoisotopic (exact) mass is 208 g/mol. The quantitative estimate of drug-likeness (QED) is 0.800. The minimum atomic E-state index is 0.508. The topological polar surface area (TPSA) is 57.4 Å². The van der Waals surface area contributed by atoms with Crippen LogP contribution in [0, 0.1) is 5.92 Å². The molecule has 0 amide bonds. The second-order valence-corrected chi connectivity index (χ2v) is 3.75. The van der Waals surface area contributed by atoms with Crippen LogP contribution in [0.4, 0.5) is 0 Å². The summed E-state index contributed by atoms with van der Waals surface area (Å²) < 4.78 is 10.9. The van der Waals surface area contributed by atoms with E-state index >= 15 is 0 Å². The van der Waals surface area contributed by atoms with Gasteiger partial charge in [-0.3, -0.25) is 0 Å². The lowest BCUT2D eigenvalue weighted by atomic mass is 10.1. The maximum Gasteiger partial charge on any atom is 0.213 e. The number of hydrogen-bond acceptors (Lipinski definition) is 4. The first-order valence-electron chi connectivity index (χ1n) is 5.24. The number of rotatable bonds is 4. The van der Waals surface area contributed by atoms with Gasteiger partial charge in [0.1, 0.15) is 0 Å². The Morgan fingerprint density at radius 3 is 3.27 bits per heavy atom. The fraction of sp³-hybridized carbons (Fsp3) is 0.545. The van der Waals surface area contributed by atoms with Crippen molar-refractivity contribution < 1.29 is 9.47 Å². The molecule has 4 nitrogen and oxygen atoms in total. The van der Waals surface area contributed by atoms with Gasteiger partial charge in [-0.1, -0.05) is 0 Å². The number of nitrogens with two attached hydrogens (primary N) is 1. The Balaban J connectivity index is 1.86. The summed E-state index contributed by atoms with van der Waals surface area (Å²) in [5.41, 5.74) is 6.58. The molecule has 0 saturated carbocycles. The van der Waals surface area contributed by atoms with E-state index in [1.54, 1.807) is 6.20 Å². The van der Waals surface area contributed by atoms with Gasteiger partial charge in [-0.05, 0) is 18.1 Å². The first-order chi connectivity index (χ1) is 7.38. The summed E-state index contributed by atoms with van der Waals surface area (Å²) in [4.78, 5) is 4.13. The Bertz CT molecular complexity index is 311.